The minimum Gasteiger partial charge on any atom is -0.497 e. The molecule has 1 fully saturated rings. The van der Waals surface area contributed by atoms with Gasteiger partial charge in [-0.25, -0.2) is 4.79 Å². The quantitative estimate of drug-likeness (QED) is 0.406. The summed E-state index contributed by atoms with van der Waals surface area (Å²) >= 11 is 0. The van der Waals surface area contributed by atoms with Gasteiger partial charge in [0.2, 0.25) is 0 Å². The zero-order chi connectivity index (χ0) is 26.7. The van der Waals surface area contributed by atoms with E-state index in [9.17, 15) is 23.5 Å². The molecule has 196 valence electrons. The number of halogens is 2. The van der Waals surface area contributed by atoms with Gasteiger partial charge in [-0.3, -0.25) is 4.79 Å². The van der Waals surface area contributed by atoms with Gasteiger partial charge in [0.25, 0.3) is 0 Å². The molecule has 2 aliphatic heterocycles. The average molecular weight is 523 g/mol. The molecule has 9 heteroatoms. The molecule has 0 saturated heterocycles. The lowest BCUT2D eigenvalue weighted by Gasteiger charge is -2.33. The number of carboxylic acids is 1. The molecule has 0 unspecified atom stereocenters. The first-order valence-electron chi connectivity index (χ1n) is 12.3. The number of ether oxygens (including phenoxy) is 4. The maximum Gasteiger partial charge on any atom is 0.586 e. The lowest BCUT2D eigenvalue weighted by atomic mass is 9.79. The van der Waals surface area contributed by atoms with E-state index in [1.54, 1.807) is 31.4 Å². The van der Waals surface area contributed by atoms with Gasteiger partial charge < -0.3 is 24.1 Å². The Labute approximate surface area is 216 Å². The first-order chi connectivity index (χ1) is 18.2. The summed E-state index contributed by atoms with van der Waals surface area (Å²) in [7, 11) is 1.56. The Kier molecular flexibility index (Phi) is 5.55. The van der Waals surface area contributed by atoms with Crippen molar-refractivity contribution in [1.29, 1.82) is 0 Å². The lowest BCUT2D eigenvalue weighted by molar-refractivity contribution is -0.286. The van der Waals surface area contributed by atoms with E-state index in [1.165, 1.54) is 24.3 Å². The number of alkyl halides is 2. The van der Waals surface area contributed by atoms with Gasteiger partial charge in [-0.2, -0.15) is 0 Å². The van der Waals surface area contributed by atoms with Gasteiger partial charge in [0, 0.05) is 12.5 Å². The smallest absolute Gasteiger partial charge is 0.497 e. The number of carbonyl (C=O) groups is 2. The zero-order valence-electron chi connectivity index (χ0n) is 20.4. The van der Waals surface area contributed by atoms with Crippen molar-refractivity contribution >= 4 is 11.8 Å². The van der Waals surface area contributed by atoms with E-state index in [0.717, 1.165) is 11.1 Å². The lowest BCUT2D eigenvalue weighted by Crippen LogP contribution is -2.26. The van der Waals surface area contributed by atoms with Gasteiger partial charge in [-0.05, 0) is 72.2 Å². The van der Waals surface area contributed by atoms with Gasteiger partial charge in [0.1, 0.15) is 23.4 Å². The summed E-state index contributed by atoms with van der Waals surface area (Å²) in [6.45, 7) is 0. The molecule has 1 N–H and O–H groups in total. The first-order valence-corrected chi connectivity index (χ1v) is 12.3. The molecule has 0 bridgehead atoms. The first kappa shape index (κ1) is 24.2. The van der Waals surface area contributed by atoms with Crippen LogP contribution in [0.15, 0.2) is 60.7 Å². The molecule has 1 saturated carbocycles. The predicted molar refractivity (Wildman–Crippen MR) is 130 cm³/mol. The van der Waals surface area contributed by atoms with Crippen LogP contribution in [0.25, 0.3) is 0 Å². The second-order valence-electron chi connectivity index (χ2n) is 9.91. The molecule has 0 spiro atoms. The summed E-state index contributed by atoms with van der Waals surface area (Å²) in [5.74, 6) is -0.0519. The Morgan fingerprint density at radius 2 is 1.71 bits per heavy atom. The molecule has 7 nitrogen and oxygen atoms in total. The molecule has 1 aliphatic carbocycles. The number of benzene rings is 3. The van der Waals surface area contributed by atoms with Crippen LogP contribution in [-0.4, -0.2) is 30.3 Å². The molecule has 38 heavy (non-hydrogen) atoms. The number of ketones is 1. The molecule has 3 aromatic carbocycles. The van der Waals surface area contributed by atoms with E-state index in [-0.39, 0.29) is 35.2 Å². The van der Waals surface area contributed by atoms with E-state index in [2.05, 4.69) is 9.47 Å². The Balaban J connectivity index is 1.28. The van der Waals surface area contributed by atoms with Crippen LogP contribution in [0.4, 0.5) is 8.78 Å². The van der Waals surface area contributed by atoms with Crippen LogP contribution in [-0.2, 0) is 10.2 Å². The normalized spacial score (nSPS) is 21.7. The Bertz CT molecular complexity index is 1430. The van der Waals surface area contributed by atoms with Crippen molar-refractivity contribution in [2.24, 2.45) is 0 Å². The summed E-state index contributed by atoms with van der Waals surface area (Å²) in [5, 5.41) is 9.23. The Hall–Kier alpha value is -4.14. The summed E-state index contributed by atoms with van der Waals surface area (Å²) < 4.78 is 47.8. The second-order valence-corrected chi connectivity index (χ2v) is 9.91. The third-order valence-corrected chi connectivity index (χ3v) is 7.63. The molecular weight excluding hydrogens is 498 g/mol. The number of aromatic carboxylic acids is 1. The van der Waals surface area contributed by atoms with Crippen LogP contribution in [0.1, 0.15) is 64.8 Å². The monoisotopic (exact) mass is 522 g/mol. The minimum absolute atomic E-state index is 0.0248. The van der Waals surface area contributed by atoms with Crippen LogP contribution in [0.5, 0.6) is 23.0 Å². The van der Waals surface area contributed by atoms with Gasteiger partial charge in [0.05, 0.1) is 18.1 Å². The number of fused-ring (bicyclic) bond motifs is 2. The number of carboxylic acid groups (broad SMARTS) is 1. The maximum absolute atomic E-state index is 13.8. The van der Waals surface area contributed by atoms with Crippen LogP contribution >= 0.6 is 0 Å². The molecular formula is C29H24F2O7. The van der Waals surface area contributed by atoms with Crippen molar-refractivity contribution in [3.63, 3.8) is 0 Å². The van der Waals surface area contributed by atoms with Crippen molar-refractivity contribution in [2.45, 2.75) is 49.4 Å². The largest absolute Gasteiger partial charge is 0.586 e. The van der Waals surface area contributed by atoms with E-state index < -0.39 is 23.8 Å². The van der Waals surface area contributed by atoms with E-state index >= 15 is 0 Å². The number of Topliss-reactive ketones (excluding diaryl/α,β-unsaturated/α-hetero) is 1. The van der Waals surface area contributed by atoms with Crippen LogP contribution in [0.2, 0.25) is 0 Å². The van der Waals surface area contributed by atoms with Gasteiger partial charge in [0.15, 0.2) is 11.5 Å². The number of hydrogen-bond donors (Lipinski definition) is 1. The fraction of sp³-hybridized carbons (Fsp3) is 0.310. The highest BCUT2D eigenvalue weighted by atomic mass is 19.3. The number of rotatable bonds is 7. The molecule has 6 rings (SSSR count). The molecule has 2 atom stereocenters. The topological polar surface area (TPSA) is 91.3 Å². The minimum atomic E-state index is -3.72. The summed E-state index contributed by atoms with van der Waals surface area (Å²) in [6, 6.07) is 16.6. The Morgan fingerprint density at radius 1 is 0.974 bits per heavy atom. The standard InChI is InChI=1S/C29H24F2O7/c1-35-20-7-8-21-18(12-23(36-24(21)15-20)16-2-4-17(5-3-16)27(33)34)13-26(32)28(10-11-28)19-6-9-22-25(14-19)38-29(30,31)37-22/h2-9,14-15,18,23H,10-13H2,1H3,(H,33,34)/t18-,23+/m0/s1. The van der Waals surface area contributed by atoms with E-state index in [1.807, 2.05) is 12.1 Å². The third kappa shape index (κ3) is 4.21. The second kappa shape index (κ2) is 8.72. The van der Waals surface area contributed by atoms with E-state index in [4.69, 9.17) is 9.47 Å². The number of methoxy groups -OCH3 is 1. The van der Waals surface area contributed by atoms with Crippen molar-refractivity contribution < 1.29 is 42.4 Å². The van der Waals surface area contributed by atoms with Crippen LogP contribution in [0.3, 0.4) is 0 Å². The number of carbonyl (C=O) groups excluding carboxylic acids is 1. The molecule has 0 radical (unpaired) electrons. The molecule has 3 aromatic rings. The number of hydrogen-bond acceptors (Lipinski definition) is 6. The summed E-state index contributed by atoms with van der Waals surface area (Å²) in [4.78, 5) is 25.0. The third-order valence-electron chi connectivity index (χ3n) is 7.63. The van der Waals surface area contributed by atoms with Gasteiger partial charge in [-0.1, -0.05) is 24.3 Å². The highest BCUT2D eigenvalue weighted by Gasteiger charge is 2.53. The molecule has 0 aromatic heterocycles. The van der Waals surface area contributed by atoms with Crippen molar-refractivity contribution in [1.82, 2.24) is 0 Å². The zero-order valence-corrected chi connectivity index (χ0v) is 20.4. The fourth-order valence-electron chi connectivity index (χ4n) is 5.42. The van der Waals surface area contributed by atoms with Gasteiger partial charge >= 0.3 is 12.3 Å². The van der Waals surface area contributed by atoms with Crippen LogP contribution in [0, 0.1) is 0 Å². The average Bonchev–Trinajstić information content (AvgIpc) is 3.65. The van der Waals surface area contributed by atoms with Crippen molar-refractivity contribution in [2.75, 3.05) is 7.11 Å². The molecule has 0 amide bonds. The molecule has 3 aliphatic rings. The highest BCUT2D eigenvalue weighted by Crippen LogP contribution is 2.55. The summed E-state index contributed by atoms with van der Waals surface area (Å²) in [6.07, 6.45) is -2.11. The highest BCUT2D eigenvalue weighted by molar-refractivity contribution is 5.94. The maximum atomic E-state index is 13.8. The Morgan fingerprint density at radius 3 is 2.39 bits per heavy atom. The predicted octanol–water partition coefficient (Wildman–Crippen LogP) is 6.01. The molecule has 2 heterocycles. The fourth-order valence-corrected chi connectivity index (χ4v) is 5.42. The SMILES string of the molecule is COc1ccc2c(c1)O[C@@H](c1ccc(C(=O)O)cc1)C[C@H]2CC(=O)C1(c2ccc3c(c2)OC(F)(F)O3)CC1. The summed E-state index contributed by atoms with van der Waals surface area (Å²) in [5.41, 5.74) is 1.76. The van der Waals surface area contributed by atoms with E-state index in [0.29, 0.717) is 36.3 Å². The van der Waals surface area contributed by atoms with Gasteiger partial charge in [-0.15, -0.1) is 8.78 Å². The van der Waals surface area contributed by atoms with Crippen LogP contribution < -0.4 is 18.9 Å². The van der Waals surface area contributed by atoms with Crippen molar-refractivity contribution in [3.8, 4) is 23.0 Å². The van der Waals surface area contributed by atoms with Crippen molar-refractivity contribution in [3.05, 3.63) is 82.9 Å².